The third-order valence-electron chi connectivity index (χ3n) is 3.20. The molecule has 0 rings (SSSR count). The quantitative estimate of drug-likeness (QED) is 0.426. The van der Waals surface area contributed by atoms with E-state index in [-0.39, 0.29) is 18.4 Å². The molecule has 2 N–H and O–H groups in total. The van der Waals surface area contributed by atoms with Gasteiger partial charge in [-0.15, -0.1) is 0 Å². The van der Waals surface area contributed by atoms with Crippen molar-refractivity contribution in [1.82, 2.24) is 10.6 Å². The van der Waals surface area contributed by atoms with Crippen LogP contribution in [0.2, 0.25) is 0 Å². The Morgan fingerprint density at radius 3 is 2.36 bits per heavy atom. The van der Waals surface area contributed by atoms with Crippen LogP contribution < -0.4 is 10.6 Å². The average Bonchev–Trinajstić information content (AvgIpc) is 2.46. The Morgan fingerprint density at radius 1 is 1.05 bits per heavy atom. The number of amides is 2. The zero-order chi connectivity index (χ0) is 16.8. The van der Waals surface area contributed by atoms with Gasteiger partial charge in [0.15, 0.2) is 0 Å². The second-order valence-electron chi connectivity index (χ2n) is 5.31. The predicted octanol–water partition coefficient (Wildman–Crippen LogP) is 1.92. The first-order valence-corrected chi connectivity index (χ1v) is 8.21. The van der Waals surface area contributed by atoms with Crippen molar-refractivity contribution in [2.24, 2.45) is 0 Å². The Morgan fingerprint density at radius 2 is 1.77 bits per heavy atom. The van der Waals surface area contributed by atoms with E-state index in [0.717, 1.165) is 25.8 Å². The first-order chi connectivity index (χ1) is 10.5. The van der Waals surface area contributed by atoms with Crippen molar-refractivity contribution in [3.8, 4) is 0 Å². The molecule has 0 aromatic carbocycles. The van der Waals surface area contributed by atoms with Gasteiger partial charge in [-0.2, -0.15) is 0 Å². The van der Waals surface area contributed by atoms with Gasteiger partial charge in [-0.3, -0.25) is 9.59 Å². The van der Waals surface area contributed by atoms with E-state index >= 15 is 0 Å². The van der Waals surface area contributed by atoms with Crippen LogP contribution in [0.5, 0.6) is 0 Å². The molecule has 0 heterocycles. The summed E-state index contributed by atoms with van der Waals surface area (Å²) in [6.07, 6.45) is 5.58. The second-order valence-corrected chi connectivity index (χ2v) is 5.31. The first-order valence-electron chi connectivity index (χ1n) is 8.21. The van der Waals surface area contributed by atoms with Gasteiger partial charge in [0.05, 0.1) is 6.61 Å². The molecular formula is C16H30N2O4. The summed E-state index contributed by atoms with van der Waals surface area (Å²) in [6.45, 7) is 6.23. The molecule has 128 valence electrons. The van der Waals surface area contributed by atoms with Crippen LogP contribution in [0, 0.1) is 0 Å². The van der Waals surface area contributed by atoms with Gasteiger partial charge in [0.1, 0.15) is 6.04 Å². The molecule has 0 radical (unpaired) electrons. The molecule has 22 heavy (non-hydrogen) atoms. The molecular weight excluding hydrogens is 284 g/mol. The summed E-state index contributed by atoms with van der Waals surface area (Å²) < 4.78 is 4.93. The van der Waals surface area contributed by atoms with Crippen molar-refractivity contribution in [1.29, 1.82) is 0 Å². The Hall–Kier alpha value is -1.59. The van der Waals surface area contributed by atoms with Crippen LogP contribution in [0.1, 0.15) is 65.7 Å². The lowest BCUT2D eigenvalue weighted by Gasteiger charge is -2.16. The monoisotopic (exact) mass is 314 g/mol. The summed E-state index contributed by atoms with van der Waals surface area (Å²) in [4.78, 5) is 34.4. The molecule has 0 spiro atoms. The normalized spacial score (nSPS) is 11.6. The maximum atomic E-state index is 11.7. The fraction of sp³-hybridized carbons (Fsp3) is 0.812. The zero-order valence-corrected chi connectivity index (χ0v) is 14.1. The third kappa shape index (κ3) is 11.1. The number of esters is 1. The molecule has 1 atom stereocenters. The van der Waals surface area contributed by atoms with Crippen molar-refractivity contribution >= 4 is 17.8 Å². The van der Waals surface area contributed by atoms with E-state index < -0.39 is 12.0 Å². The standard InChI is InChI=1S/C16H30N2O4/c1-4-6-9-12-17-15(20)11-8-7-10-14(18-13(3)19)16(21)22-5-2/h14H,4-12H2,1-3H3,(H,17,20)(H,18,19)/t14-/m1/s1. The van der Waals surface area contributed by atoms with Crippen molar-refractivity contribution in [3.63, 3.8) is 0 Å². The van der Waals surface area contributed by atoms with E-state index in [4.69, 9.17) is 4.74 Å². The van der Waals surface area contributed by atoms with E-state index in [1.165, 1.54) is 6.92 Å². The van der Waals surface area contributed by atoms with Crippen LogP contribution in [0.4, 0.5) is 0 Å². The van der Waals surface area contributed by atoms with Crippen molar-refractivity contribution in [2.45, 2.75) is 71.8 Å². The minimum absolute atomic E-state index is 0.0447. The highest BCUT2D eigenvalue weighted by molar-refractivity contribution is 5.83. The topological polar surface area (TPSA) is 84.5 Å². The van der Waals surface area contributed by atoms with Crippen LogP contribution in [0.15, 0.2) is 0 Å². The summed E-state index contributed by atoms with van der Waals surface area (Å²) in [7, 11) is 0. The van der Waals surface area contributed by atoms with Crippen molar-refractivity contribution < 1.29 is 19.1 Å². The molecule has 0 fully saturated rings. The van der Waals surface area contributed by atoms with Gasteiger partial charge in [-0.25, -0.2) is 4.79 Å². The minimum Gasteiger partial charge on any atom is -0.464 e. The number of unbranched alkanes of at least 4 members (excludes halogenated alkanes) is 3. The van der Waals surface area contributed by atoms with Crippen molar-refractivity contribution in [2.75, 3.05) is 13.2 Å². The predicted molar refractivity (Wildman–Crippen MR) is 85.2 cm³/mol. The smallest absolute Gasteiger partial charge is 0.328 e. The van der Waals surface area contributed by atoms with Crippen LogP contribution in [-0.4, -0.2) is 37.0 Å². The highest BCUT2D eigenvalue weighted by Crippen LogP contribution is 2.06. The van der Waals surface area contributed by atoms with Gasteiger partial charge in [-0.1, -0.05) is 26.2 Å². The molecule has 0 aromatic rings. The fourth-order valence-electron chi connectivity index (χ4n) is 2.06. The molecule has 6 heteroatoms. The lowest BCUT2D eigenvalue weighted by atomic mass is 10.1. The van der Waals surface area contributed by atoms with Crippen molar-refractivity contribution in [3.05, 3.63) is 0 Å². The van der Waals surface area contributed by atoms with E-state index in [1.807, 2.05) is 0 Å². The molecule has 6 nitrogen and oxygen atoms in total. The van der Waals surface area contributed by atoms with Gasteiger partial charge in [0.2, 0.25) is 11.8 Å². The maximum Gasteiger partial charge on any atom is 0.328 e. The molecule has 0 bridgehead atoms. The number of hydrogen-bond donors (Lipinski definition) is 2. The summed E-state index contributed by atoms with van der Waals surface area (Å²) in [5.41, 5.74) is 0. The zero-order valence-electron chi connectivity index (χ0n) is 14.1. The molecule has 0 unspecified atom stereocenters. The maximum absolute atomic E-state index is 11.7. The Bertz CT molecular complexity index is 345. The average molecular weight is 314 g/mol. The molecule has 0 aromatic heterocycles. The highest BCUT2D eigenvalue weighted by Gasteiger charge is 2.20. The van der Waals surface area contributed by atoms with E-state index in [1.54, 1.807) is 6.92 Å². The lowest BCUT2D eigenvalue weighted by Crippen LogP contribution is -2.40. The van der Waals surface area contributed by atoms with Crippen LogP contribution >= 0.6 is 0 Å². The lowest BCUT2D eigenvalue weighted by molar-refractivity contribution is -0.147. The minimum atomic E-state index is -0.620. The van der Waals surface area contributed by atoms with E-state index in [0.29, 0.717) is 25.7 Å². The highest BCUT2D eigenvalue weighted by atomic mass is 16.5. The Kier molecular flexibility index (Phi) is 12.2. The summed E-state index contributed by atoms with van der Waals surface area (Å²) in [6, 6.07) is -0.620. The van der Waals surface area contributed by atoms with Gasteiger partial charge in [0.25, 0.3) is 0 Å². The van der Waals surface area contributed by atoms with Gasteiger partial charge >= 0.3 is 5.97 Å². The van der Waals surface area contributed by atoms with Crippen LogP contribution in [0.25, 0.3) is 0 Å². The number of carbonyl (C=O) groups excluding carboxylic acids is 3. The van der Waals surface area contributed by atoms with Gasteiger partial charge in [0, 0.05) is 19.9 Å². The third-order valence-corrected chi connectivity index (χ3v) is 3.20. The number of hydrogen-bond acceptors (Lipinski definition) is 4. The first kappa shape index (κ1) is 20.4. The summed E-state index contributed by atoms with van der Waals surface area (Å²) >= 11 is 0. The number of carbonyl (C=O) groups is 3. The fourth-order valence-corrected chi connectivity index (χ4v) is 2.06. The Labute approximate surface area is 133 Å². The number of nitrogens with one attached hydrogen (secondary N) is 2. The molecule has 2 amide bonds. The number of ether oxygens (including phenoxy) is 1. The van der Waals surface area contributed by atoms with Gasteiger partial charge in [-0.05, 0) is 26.2 Å². The largest absolute Gasteiger partial charge is 0.464 e. The van der Waals surface area contributed by atoms with Crippen LogP contribution in [0.3, 0.4) is 0 Å². The molecule has 0 aliphatic heterocycles. The van der Waals surface area contributed by atoms with E-state index in [9.17, 15) is 14.4 Å². The Balaban J connectivity index is 3.89. The second kappa shape index (κ2) is 13.1. The number of rotatable bonds is 12. The molecule has 0 saturated carbocycles. The van der Waals surface area contributed by atoms with E-state index in [2.05, 4.69) is 17.6 Å². The summed E-state index contributed by atoms with van der Waals surface area (Å²) in [5, 5.41) is 5.47. The summed E-state index contributed by atoms with van der Waals surface area (Å²) in [5.74, 6) is -0.628. The molecule has 0 saturated heterocycles. The van der Waals surface area contributed by atoms with Gasteiger partial charge < -0.3 is 15.4 Å². The molecule has 0 aliphatic carbocycles. The SMILES string of the molecule is CCCCCNC(=O)CCCC[C@@H](NC(C)=O)C(=O)OCC. The van der Waals surface area contributed by atoms with Crippen LogP contribution in [-0.2, 0) is 19.1 Å². The molecule has 0 aliphatic rings.